The largest absolute Gasteiger partial charge is 0.322 e. The van der Waals surface area contributed by atoms with Gasteiger partial charge in [0.05, 0.1) is 0 Å². The number of carbonyl (C=O) groups excluding carboxylic acids is 2. The van der Waals surface area contributed by atoms with Gasteiger partial charge in [-0.05, 0) is 45.3 Å². The predicted octanol–water partition coefficient (Wildman–Crippen LogP) is 1.60. The molecule has 0 atom stereocenters. The van der Waals surface area contributed by atoms with Crippen LogP contribution < -0.4 is 5.32 Å². The topological polar surface area (TPSA) is 55.9 Å². The van der Waals surface area contributed by atoms with Crippen LogP contribution >= 0.6 is 0 Å². The molecule has 0 aromatic heterocycles. The average Bonchev–Trinajstić information content (AvgIpc) is 2.54. The van der Waals surface area contributed by atoms with Gasteiger partial charge >= 0.3 is 6.03 Å². The van der Waals surface area contributed by atoms with Gasteiger partial charge in [0.2, 0.25) is 0 Å². The molecule has 1 saturated heterocycles. The molecule has 1 heterocycles. The summed E-state index contributed by atoms with van der Waals surface area (Å²) in [6.45, 7) is 6.90. The fraction of sp³-hybridized carbons (Fsp3) is 0.529. The monoisotopic (exact) mass is 318 g/mol. The van der Waals surface area contributed by atoms with Crippen molar-refractivity contribution in [2.75, 3.05) is 58.7 Å². The van der Waals surface area contributed by atoms with Gasteiger partial charge in [-0.3, -0.25) is 9.69 Å². The zero-order valence-corrected chi connectivity index (χ0v) is 14.2. The number of benzene rings is 1. The second-order valence-corrected chi connectivity index (χ2v) is 6.20. The first kappa shape index (κ1) is 17.4. The highest BCUT2D eigenvalue weighted by molar-refractivity contribution is 5.95. The Bertz CT molecular complexity index is 534. The fourth-order valence-electron chi connectivity index (χ4n) is 2.51. The van der Waals surface area contributed by atoms with Gasteiger partial charge in [-0.2, -0.15) is 0 Å². The third-order valence-electron chi connectivity index (χ3n) is 4.07. The molecule has 6 nitrogen and oxygen atoms in total. The molecular formula is C17H26N4O2. The molecule has 23 heavy (non-hydrogen) atoms. The number of Topliss-reactive ketones (excluding diaryl/α,β-unsaturated/α-hetero) is 1. The van der Waals surface area contributed by atoms with Gasteiger partial charge in [-0.15, -0.1) is 0 Å². The molecule has 0 saturated carbocycles. The number of ketones is 1. The number of nitrogens with zero attached hydrogens (tertiary/aromatic N) is 3. The van der Waals surface area contributed by atoms with E-state index < -0.39 is 0 Å². The molecule has 0 aliphatic carbocycles. The van der Waals surface area contributed by atoms with E-state index >= 15 is 0 Å². The van der Waals surface area contributed by atoms with Crippen molar-refractivity contribution in [3.63, 3.8) is 0 Å². The van der Waals surface area contributed by atoms with Gasteiger partial charge in [-0.1, -0.05) is 0 Å². The highest BCUT2D eigenvalue weighted by Gasteiger charge is 2.20. The minimum absolute atomic E-state index is 0.0247. The molecular weight excluding hydrogens is 292 g/mol. The summed E-state index contributed by atoms with van der Waals surface area (Å²) in [4.78, 5) is 29.9. The summed E-state index contributed by atoms with van der Waals surface area (Å²) in [5, 5.41) is 2.89. The molecule has 2 rings (SSSR count). The minimum Gasteiger partial charge on any atom is -0.322 e. The van der Waals surface area contributed by atoms with Gasteiger partial charge in [0, 0.05) is 50.5 Å². The first-order chi connectivity index (χ1) is 11.0. The molecule has 1 fully saturated rings. The lowest BCUT2D eigenvalue weighted by Gasteiger charge is -2.35. The average molecular weight is 318 g/mol. The van der Waals surface area contributed by atoms with Crippen molar-refractivity contribution in [1.82, 2.24) is 14.7 Å². The maximum Gasteiger partial charge on any atom is 0.321 e. The molecule has 1 N–H and O–H groups in total. The standard InChI is InChI=1S/C17H26N4O2/c1-14(22)15-4-6-16(7-5-15)18-17(23)21-12-10-20(11-13-21)9-8-19(2)3/h4-7H,8-13H2,1-3H3,(H,18,23). The Hall–Kier alpha value is -1.92. The Labute approximate surface area is 138 Å². The van der Waals surface area contributed by atoms with Crippen LogP contribution in [0.25, 0.3) is 0 Å². The Morgan fingerprint density at radius 3 is 2.22 bits per heavy atom. The SMILES string of the molecule is CC(=O)c1ccc(NC(=O)N2CCN(CCN(C)C)CC2)cc1. The van der Waals surface area contributed by atoms with Crippen molar-refractivity contribution >= 4 is 17.5 Å². The highest BCUT2D eigenvalue weighted by Crippen LogP contribution is 2.12. The van der Waals surface area contributed by atoms with Crippen LogP contribution in [-0.2, 0) is 0 Å². The lowest BCUT2D eigenvalue weighted by molar-refractivity contribution is 0.101. The summed E-state index contributed by atoms with van der Waals surface area (Å²) in [7, 11) is 4.14. The summed E-state index contributed by atoms with van der Waals surface area (Å²) < 4.78 is 0. The molecule has 0 radical (unpaired) electrons. The Balaban J connectivity index is 1.79. The predicted molar refractivity (Wildman–Crippen MR) is 92.0 cm³/mol. The van der Waals surface area contributed by atoms with Crippen LogP contribution in [0.1, 0.15) is 17.3 Å². The van der Waals surface area contributed by atoms with Crippen molar-refractivity contribution < 1.29 is 9.59 Å². The lowest BCUT2D eigenvalue weighted by atomic mass is 10.1. The first-order valence-corrected chi connectivity index (χ1v) is 8.00. The second kappa shape index (κ2) is 8.08. The molecule has 1 aliphatic heterocycles. The molecule has 1 aliphatic rings. The number of amides is 2. The fourth-order valence-corrected chi connectivity index (χ4v) is 2.51. The Morgan fingerprint density at radius 2 is 1.70 bits per heavy atom. The van der Waals surface area contributed by atoms with E-state index in [9.17, 15) is 9.59 Å². The summed E-state index contributed by atoms with van der Waals surface area (Å²) >= 11 is 0. The van der Waals surface area contributed by atoms with Gasteiger partial charge in [0.25, 0.3) is 0 Å². The van der Waals surface area contributed by atoms with Gasteiger partial charge < -0.3 is 15.1 Å². The van der Waals surface area contributed by atoms with Crippen LogP contribution in [0.4, 0.5) is 10.5 Å². The summed E-state index contributed by atoms with van der Waals surface area (Å²) in [5.41, 5.74) is 1.37. The van der Waals surface area contributed by atoms with Gasteiger partial charge in [-0.25, -0.2) is 4.79 Å². The molecule has 1 aromatic rings. The second-order valence-electron chi connectivity index (χ2n) is 6.20. The molecule has 1 aromatic carbocycles. The van der Waals surface area contributed by atoms with Crippen molar-refractivity contribution in [3.8, 4) is 0 Å². The number of hydrogen-bond acceptors (Lipinski definition) is 4. The van der Waals surface area contributed by atoms with Gasteiger partial charge in [0.15, 0.2) is 5.78 Å². The zero-order chi connectivity index (χ0) is 16.8. The third-order valence-corrected chi connectivity index (χ3v) is 4.07. The van der Waals surface area contributed by atoms with Crippen LogP contribution in [0.2, 0.25) is 0 Å². The molecule has 126 valence electrons. The quantitative estimate of drug-likeness (QED) is 0.838. The van der Waals surface area contributed by atoms with Crippen LogP contribution in [0.3, 0.4) is 0 Å². The summed E-state index contributed by atoms with van der Waals surface area (Å²) in [6.07, 6.45) is 0. The molecule has 6 heteroatoms. The third kappa shape index (κ3) is 5.33. The van der Waals surface area contributed by atoms with E-state index in [-0.39, 0.29) is 11.8 Å². The molecule has 0 unspecified atom stereocenters. The lowest BCUT2D eigenvalue weighted by Crippen LogP contribution is -2.51. The normalized spacial score (nSPS) is 15.7. The van der Waals surface area contributed by atoms with E-state index in [1.54, 1.807) is 24.3 Å². The van der Waals surface area contributed by atoms with Crippen LogP contribution in [0.15, 0.2) is 24.3 Å². The zero-order valence-electron chi connectivity index (χ0n) is 14.2. The number of carbonyl (C=O) groups is 2. The smallest absolute Gasteiger partial charge is 0.321 e. The van der Waals surface area contributed by atoms with Crippen molar-refractivity contribution in [2.45, 2.75) is 6.92 Å². The van der Waals surface area contributed by atoms with Crippen molar-refractivity contribution in [1.29, 1.82) is 0 Å². The number of anilines is 1. The van der Waals surface area contributed by atoms with E-state index in [1.807, 2.05) is 4.90 Å². The maximum absolute atomic E-state index is 12.3. The van der Waals surface area contributed by atoms with Crippen LogP contribution in [-0.4, -0.2) is 79.9 Å². The number of rotatable bonds is 5. The number of likely N-dealkylation sites (N-methyl/N-ethyl adjacent to an activating group) is 1. The van der Waals surface area contributed by atoms with E-state index in [0.29, 0.717) is 5.56 Å². The maximum atomic E-state index is 12.3. The minimum atomic E-state index is -0.0761. The van der Waals surface area contributed by atoms with Crippen molar-refractivity contribution in [2.24, 2.45) is 0 Å². The van der Waals surface area contributed by atoms with Crippen LogP contribution in [0, 0.1) is 0 Å². The number of nitrogens with one attached hydrogen (secondary N) is 1. The molecule has 2 amide bonds. The number of urea groups is 1. The summed E-state index contributed by atoms with van der Waals surface area (Å²) in [5.74, 6) is 0.0247. The molecule has 0 bridgehead atoms. The Morgan fingerprint density at radius 1 is 1.09 bits per heavy atom. The van der Waals surface area contributed by atoms with E-state index in [1.165, 1.54) is 6.92 Å². The van der Waals surface area contributed by atoms with Gasteiger partial charge in [0.1, 0.15) is 0 Å². The van der Waals surface area contributed by atoms with E-state index in [0.717, 1.165) is 45.0 Å². The Kier molecular flexibility index (Phi) is 6.12. The highest BCUT2D eigenvalue weighted by atomic mass is 16.2. The molecule has 0 spiro atoms. The van der Waals surface area contributed by atoms with E-state index in [2.05, 4.69) is 29.2 Å². The number of hydrogen-bond donors (Lipinski definition) is 1. The first-order valence-electron chi connectivity index (χ1n) is 8.00. The summed E-state index contributed by atoms with van der Waals surface area (Å²) in [6, 6.07) is 6.92. The van der Waals surface area contributed by atoms with Crippen LogP contribution in [0.5, 0.6) is 0 Å². The van der Waals surface area contributed by atoms with E-state index in [4.69, 9.17) is 0 Å². The number of piperazine rings is 1. The van der Waals surface area contributed by atoms with Crippen molar-refractivity contribution in [3.05, 3.63) is 29.8 Å².